The zero-order chi connectivity index (χ0) is 23.8. The van der Waals surface area contributed by atoms with Crippen LogP contribution in [-0.4, -0.2) is 48.1 Å². The molecule has 0 unspecified atom stereocenters. The van der Waals surface area contributed by atoms with E-state index in [1.54, 1.807) is 11.3 Å². The van der Waals surface area contributed by atoms with Crippen LogP contribution in [0.15, 0.2) is 60.0 Å². The molecule has 1 saturated heterocycles. The third-order valence-electron chi connectivity index (χ3n) is 6.16. The molecular formula is C27H30N4O2S. The highest BCUT2D eigenvalue weighted by Crippen LogP contribution is 2.31. The number of rotatable bonds is 9. The number of hydrogen-bond donors (Lipinski definition) is 0. The quantitative estimate of drug-likeness (QED) is 0.402. The number of piperidine rings is 1. The third-order valence-corrected chi connectivity index (χ3v) is 7.03. The van der Waals surface area contributed by atoms with Gasteiger partial charge in [-0.25, -0.2) is 4.98 Å². The fraction of sp³-hybridized carbons (Fsp3) is 0.370. The SMILES string of the molecule is CCOC(=O)CCN(c1nc(-c2ccc(C#N)cc2)cs1)C1CCN(Cc2ccccc2)CC1. The summed E-state index contributed by atoms with van der Waals surface area (Å²) < 4.78 is 5.18. The van der Waals surface area contributed by atoms with Gasteiger partial charge in [0.05, 0.1) is 30.4 Å². The summed E-state index contributed by atoms with van der Waals surface area (Å²) in [6.45, 7) is 5.84. The van der Waals surface area contributed by atoms with Crippen molar-refractivity contribution in [1.29, 1.82) is 5.26 Å². The summed E-state index contributed by atoms with van der Waals surface area (Å²) >= 11 is 1.61. The number of carbonyl (C=O) groups is 1. The van der Waals surface area contributed by atoms with Crippen molar-refractivity contribution < 1.29 is 9.53 Å². The van der Waals surface area contributed by atoms with Crippen LogP contribution in [0, 0.1) is 11.3 Å². The van der Waals surface area contributed by atoms with Crippen LogP contribution in [0.3, 0.4) is 0 Å². The Morgan fingerprint density at radius 2 is 1.91 bits per heavy atom. The van der Waals surface area contributed by atoms with Crippen molar-refractivity contribution >= 4 is 22.4 Å². The van der Waals surface area contributed by atoms with Crippen LogP contribution in [0.4, 0.5) is 5.13 Å². The molecule has 1 aliphatic heterocycles. The monoisotopic (exact) mass is 474 g/mol. The molecule has 4 rings (SSSR count). The van der Waals surface area contributed by atoms with Crippen LogP contribution in [0.25, 0.3) is 11.3 Å². The molecule has 1 fully saturated rings. The molecule has 0 N–H and O–H groups in total. The number of ether oxygens (including phenoxy) is 1. The summed E-state index contributed by atoms with van der Waals surface area (Å²) in [6, 6.07) is 20.6. The van der Waals surface area contributed by atoms with Crippen molar-refractivity contribution in [2.45, 2.75) is 38.8 Å². The van der Waals surface area contributed by atoms with Gasteiger partial charge in [0, 0.05) is 43.2 Å². The summed E-state index contributed by atoms with van der Waals surface area (Å²) in [5.74, 6) is -0.169. The normalized spacial score (nSPS) is 14.5. The minimum atomic E-state index is -0.169. The molecule has 2 heterocycles. The molecule has 1 aliphatic rings. The van der Waals surface area contributed by atoms with E-state index in [-0.39, 0.29) is 5.97 Å². The van der Waals surface area contributed by atoms with Crippen LogP contribution in [0.5, 0.6) is 0 Å². The molecule has 0 radical (unpaired) electrons. The van der Waals surface area contributed by atoms with Crippen molar-refractivity contribution in [3.63, 3.8) is 0 Å². The second-order valence-electron chi connectivity index (χ2n) is 8.45. The molecule has 0 aliphatic carbocycles. The van der Waals surface area contributed by atoms with Gasteiger partial charge >= 0.3 is 5.97 Å². The van der Waals surface area contributed by atoms with Crippen molar-refractivity contribution in [2.75, 3.05) is 31.1 Å². The number of nitriles is 1. The van der Waals surface area contributed by atoms with E-state index >= 15 is 0 Å². The average Bonchev–Trinajstić information content (AvgIpc) is 3.36. The van der Waals surface area contributed by atoms with Crippen LogP contribution < -0.4 is 4.90 Å². The first kappa shape index (κ1) is 23.9. The highest BCUT2D eigenvalue weighted by molar-refractivity contribution is 7.14. The van der Waals surface area contributed by atoms with Gasteiger partial charge in [-0.2, -0.15) is 5.26 Å². The molecule has 0 atom stereocenters. The minimum Gasteiger partial charge on any atom is -0.466 e. The number of benzene rings is 2. The molecule has 7 heteroatoms. The predicted octanol–water partition coefficient (Wildman–Crippen LogP) is 5.11. The Bertz CT molecular complexity index is 1100. The molecule has 0 bridgehead atoms. The van der Waals surface area contributed by atoms with Gasteiger partial charge < -0.3 is 9.64 Å². The Balaban J connectivity index is 1.45. The number of hydrogen-bond acceptors (Lipinski definition) is 7. The standard InChI is InChI=1S/C27H30N4O2S/c1-2-33-26(32)14-17-31(24-12-15-30(16-13-24)19-22-6-4-3-5-7-22)27-29-25(20-34-27)23-10-8-21(18-28)9-11-23/h3-11,20,24H,2,12-17,19H2,1H3. The van der Waals surface area contributed by atoms with Crippen LogP contribution >= 0.6 is 11.3 Å². The van der Waals surface area contributed by atoms with E-state index < -0.39 is 0 Å². The van der Waals surface area contributed by atoms with Crippen LogP contribution in [0.1, 0.15) is 37.3 Å². The zero-order valence-corrected chi connectivity index (χ0v) is 20.3. The number of nitrogens with zero attached hydrogens (tertiary/aromatic N) is 4. The maximum Gasteiger partial charge on any atom is 0.307 e. The lowest BCUT2D eigenvalue weighted by Crippen LogP contribution is -2.45. The summed E-state index contributed by atoms with van der Waals surface area (Å²) in [6.07, 6.45) is 2.41. The van der Waals surface area contributed by atoms with Crippen LogP contribution in [-0.2, 0) is 16.1 Å². The molecule has 0 amide bonds. The zero-order valence-electron chi connectivity index (χ0n) is 19.5. The first-order valence-electron chi connectivity index (χ1n) is 11.8. The van der Waals surface area contributed by atoms with Gasteiger partial charge in [0.2, 0.25) is 0 Å². The molecule has 34 heavy (non-hydrogen) atoms. The average molecular weight is 475 g/mol. The largest absolute Gasteiger partial charge is 0.466 e. The number of likely N-dealkylation sites (tertiary alicyclic amines) is 1. The van der Waals surface area contributed by atoms with Gasteiger partial charge in [-0.15, -0.1) is 11.3 Å². The third kappa shape index (κ3) is 6.22. The fourth-order valence-electron chi connectivity index (χ4n) is 4.35. The number of carbonyl (C=O) groups excluding carboxylic acids is 1. The topological polar surface area (TPSA) is 69.5 Å². The van der Waals surface area contributed by atoms with E-state index in [0.717, 1.165) is 48.9 Å². The number of thiazole rings is 1. The molecule has 176 valence electrons. The second kappa shape index (κ2) is 11.8. The van der Waals surface area contributed by atoms with Crippen molar-refractivity contribution in [2.24, 2.45) is 0 Å². The molecule has 0 spiro atoms. The van der Waals surface area contributed by atoms with Gasteiger partial charge in [0.15, 0.2) is 5.13 Å². The van der Waals surface area contributed by atoms with E-state index in [9.17, 15) is 4.79 Å². The van der Waals surface area contributed by atoms with Crippen molar-refractivity contribution in [3.8, 4) is 17.3 Å². The first-order chi connectivity index (χ1) is 16.7. The molecule has 6 nitrogen and oxygen atoms in total. The smallest absolute Gasteiger partial charge is 0.307 e. The molecule has 1 aromatic heterocycles. The van der Waals surface area contributed by atoms with Gasteiger partial charge in [-0.05, 0) is 37.5 Å². The Kier molecular flexibility index (Phi) is 8.29. The van der Waals surface area contributed by atoms with Gasteiger partial charge in [-0.1, -0.05) is 42.5 Å². The Morgan fingerprint density at radius 1 is 1.18 bits per heavy atom. The maximum absolute atomic E-state index is 12.1. The first-order valence-corrected chi connectivity index (χ1v) is 12.7. The predicted molar refractivity (Wildman–Crippen MR) is 136 cm³/mol. The van der Waals surface area contributed by atoms with E-state index in [4.69, 9.17) is 15.0 Å². The summed E-state index contributed by atoms with van der Waals surface area (Å²) in [4.78, 5) is 21.8. The number of aromatic nitrogens is 1. The maximum atomic E-state index is 12.1. The van der Waals surface area contributed by atoms with Gasteiger partial charge in [-0.3, -0.25) is 9.69 Å². The van der Waals surface area contributed by atoms with E-state index in [1.165, 1.54) is 5.56 Å². The summed E-state index contributed by atoms with van der Waals surface area (Å²) in [5.41, 5.74) is 3.86. The highest BCUT2D eigenvalue weighted by Gasteiger charge is 2.27. The second-order valence-corrected chi connectivity index (χ2v) is 9.28. The molecular weight excluding hydrogens is 444 g/mol. The lowest BCUT2D eigenvalue weighted by molar-refractivity contribution is -0.142. The Morgan fingerprint density at radius 3 is 2.59 bits per heavy atom. The highest BCUT2D eigenvalue weighted by atomic mass is 32.1. The van der Waals surface area contributed by atoms with E-state index in [2.05, 4.69) is 51.6 Å². The van der Waals surface area contributed by atoms with Gasteiger partial charge in [0.25, 0.3) is 0 Å². The van der Waals surface area contributed by atoms with E-state index in [0.29, 0.717) is 31.2 Å². The number of esters is 1. The van der Waals surface area contributed by atoms with Crippen LogP contribution in [0.2, 0.25) is 0 Å². The molecule has 0 saturated carbocycles. The molecule has 3 aromatic rings. The van der Waals surface area contributed by atoms with Crippen molar-refractivity contribution in [1.82, 2.24) is 9.88 Å². The van der Waals surface area contributed by atoms with E-state index in [1.807, 2.05) is 31.2 Å². The lowest BCUT2D eigenvalue weighted by atomic mass is 10.0. The number of anilines is 1. The van der Waals surface area contributed by atoms with Gasteiger partial charge in [0.1, 0.15) is 0 Å². The Labute approximate surface area is 205 Å². The fourth-order valence-corrected chi connectivity index (χ4v) is 5.29. The van der Waals surface area contributed by atoms with Crippen molar-refractivity contribution in [3.05, 3.63) is 71.1 Å². The lowest BCUT2D eigenvalue weighted by Gasteiger charge is -2.38. The summed E-state index contributed by atoms with van der Waals surface area (Å²) in [5, 5.41) is 12.0. The molecule has 2 aromatic carbocycles. The summed E-state index contributed by atoms with van der Waals surface area (Å²) in [7, 11) is 0. The Hall–Kier alpha value is -3.21. The minimum absolute atomic E-state index is 0.169.